The molecule has 6 nitrogen and oxygen atoms in total. The number of esters is 1. The molecule has 3 rings (SSSR count). The predicted octanol–water partition coefficient (Wildman–Crippen LogP) is 2.96. The van der Waals surface area contributed by atoms with Crippen LogP contribution in [0.25, 0.3) is 0 Å². The molecule has 1 heterocycles. The number of ether oxygens (including phenoxy) is 3. The Morgan fingerprint density at radius 3 is 2.72 bits per heavy atom. The third kappa shape index (κ3) is 4.30. The van der Waals surface area contributed by atoms with Gasteiger partial charge in [0.15, 0.2) is 11.5 Å². The van der Waals surface area contributed by atoms with Crippen LogP contribution in [0.2, 0.25) is 0 Å². The van der Waals surface area contributed by atoms with Crippen LogP contribution in [0.5, 0.6) is 11.5 Å². The Labute approximate surface area is 153 Å². The van der Waals surface area contributed by atoms with Crippen molar-refractivity contribution in [2.24, 2.45) is 0 Å². The molecule has 0 unspecified atom stereocenters. The topological polar surface area (TPSA) is 73.9 Å². The SMILES string of the molecule is Cc1cccc(C(=O)NCC(=O)OCc2cc3c(cc2Br)OCO3)c1. The highest BCUT2D eigenvalue weighted by Gasteiger charge is 2.17. The summed E-state index contributed by atoms with van der Waals surface area (Å²) in [5.74, 6) is 0.421. The normalized spacial score (nSPS) is 11.9. The van der Waals surface area contributed by atoms with Crippen molar-refractivity contribution in [3.63, 3.8) is 0 Å². The first kappa shape index (κ1) is 17.3. The molecule has 0 aliphatic carbocycles. The fourth-order valence-electron chi connectivity index (χ4n) is 2.32. The molecule has 0 fully saturated rings. The number of carbonyl (C=O) groups is 2. The summed E-state index contributed by atoms with van der Waals surface area (Å²) in [5, 5.41) is 2.55. The molecule has 25 heavy (non-hydrogen) atoms. The van der Waals surface area contributed by atoms with Gasteiger partial charge >= 0.3 is 5.97 Å². The molecule has 0 saturated carbocycles. The molecule has 1 N–H and O–H groups in total. The van der Waals surface area contributed by atoms with Gasteiger partial charge < -0.3 is 19.5 Å². The number of nitrogens with one attached hydrogen (secondary N) is 1. The highest BCUT2D eigenvalue weighted by atomic mass is 79.9. The Hall–Kier alpha value is -2.54. The van der Waals surface area contributed by atoms with Crippen molar-refractivity contribution in [2.75, 3.05) is 13.3 Å². The average molecular weight is 406 g/mol. The van der Waals surface area contributed by atoms with E-state index < -0.39 is 5.97 Å². The van der Waals surface area contributed by atoms with Crippen molar-refractivity contribution in [1.82, 2.24) is 5.32 Å². The molecule has 0 bridgehead atoms. The third-order valence-corrected chi connectivity index (χ3v) is 4.34. The summed E-state index contributed by atoms with van der Waals surface area (Å²) in [4.78, 5) is 23.9. The van der Waals surface area contributed by atoms with Crippen LogP contribution < -0.4 is 14.8 Å². The molecule has 1 amide bonds. The van der Waals surface area contributed by atoms with Gasteiger partial charge in [-0.2, -0.15) is 0 Å². The molecular formula is C18H16BrNO5. The van der Waals surface area contributed by atoms with Gasteiger partial charge in [0.2, 0.25) is 6.79 Å². The van der Waals surface area contributed by atoms with Crippen LogP contribution in [0.3, 0.4) is 0 Å². The average Bonchev–Trinajstić information content (AvgIpc) is 3.04. The Kier molecular flexibility index (Phi) is 5.23. The number of fused-ring (bicyclic) bond motifs is 1. The minimum Gasteiger partial charge on any atom is -0.459 e. The van der Waals surface area contributed by atoms with E-state index >= 15 is 0 Å². The number of hydrogen-bond donors (Lipinski definition) is 1. The number of carbonyl (C=O) groups excluding carboxylic acids is 2. The number of benzene rings is 2. The molecule has 2 aromatic carbocycles. The monoisotopic (exact) mass is 405 g/mol. The smallest absolute Gasteiger partial charge is 0.325 e. The van der Waals surface area contributed by atoms with E-state index in [0.717, 1.165) is 15.6 Å². The lowest BCUT2D eigenvalue weighted by Gasteiger charge is -2.09. The first-order valence-corrected chi connectivity index (χ1v) is 8.41. The zero-order chi connectivity index (χ0) is 17.8. The summed E-state index contributed by atoms with van der Waals surface area (Å²) < 4.78 is 16.5. The lowest BCUT2D eigenvalue weighted by molar-refractivity contribution is -0.143. The van der Waals surface area contributed by atoms with Gasteiger partial charge in [-0.15, -0.1) is 0 Å². The van der Waals surface area contributed by atoms with Gasteiger partial charge in [0.25, 0.3) is 5.91 Å². The molecule has 1 aliphatic heterocycles. The number of aryl methyl sites for hydroxylation is 1. The van der Waals surface area contributed by atoms with Crippen molar-refractivity contribution in [1.29, 1.82) is 0 Å². The van der Waals surface area contributed by atoms with E-state index in [0.29, 0.717) is 17.1 Å². The second-order valence-corrected chi connectivity index (χ2v) is 6.36. The molecular weight excluding hydrogens is 390 g/mol. The van der Waals surface area contributed by atoms with Gasteiger partial charge in [0.05, 0.1) is 0 Å². The summed E-state index contributed by atoms with van der Waals surface area (Å²) in [6.45, 7) is 1.94. The van der Waals surface area contributed by atoms with Crippen LogP contribution in [0.15, 0.2) is 40.9 Å². The lowest BCUT2D eigenvalue weighted by Crippen LogP contribution is -2.30. The van der Waals surface area contributed by atoms with Gasteiger partial charge in [-0.25, -0.2) is 0 Å². The fourth-order valence-corrected chi connectivity index (χ4v) is 2.76. The molecule has 0 atom stereocenters. The van der Waals surface area contributed by atoms with E-state index in [4.69, 9.17) is 14.2 Å². The van der Waals surface area contributed by atoms with E-state index in [1.54, 1.807) is 30.3 Å². The van der Waals surface area contributed by atoms with E-state index in [1.807, 2.05) is 13.0 Å². The highest BCUT2D eigenvalue weighted by molar-refractivity contribution is 9.10. The van der Waals surface area contributed by atoms with Crippen molar-refractivity contribution in [3.05, 3.63) is 57.6 Å². The fraction of sp³-hybridized carbons (Fsp3) is 0.222. The second kappa shape index (κ2) is 7.57. The standard InChI is InChI=1S/C18H16BrNO5/c1-11-3-2-4-12(5-11)18(22)20-8-17(21)23-9-13-6-15-16(7-14(13)19)25-10-24-15/h2-7H,8-10H2,1H3,(H,20,22). The van der Waals surface area contributed by atoms with Crippen molar-refractivity contribution < 1.29 is 23.8 Å². The van der Waals surface area contributed by atoms with Gasteiger partial charge in [-0.1, -0.05) is 33.6 Å². The maximum absolute atomic E-state index is 12.0. The number of hydrogen-bond acceptors (Lipinski definition) is 5. The number of halogens is 1. The summed E-state index contributed by atoms with van der Waals surface area (Å²) in [6, 6.07) is 10.7. The zero-order valence-corrected chi connectivity index (χ0v) is 15.1. The summed E-state index contributed by atoms with van der Waals surface area (Å²) in [6.07, 6.45) is 0. The summed E-state index contributed by atoms with van der Waals surface area (Å²) in [5.41, 5.74) is 2.23. The van der Waals surface area contributed by atoms with Gasteiger partial charge in [-0.3, -0.25) is 9.59 Å². The maximum Gasteiger partial charge on any atom is 0.325 e. The quantitative estimate of drug-likeness (QED) is 0.773. The Balaban J connectivity index is 1.51. The van der Waals surface area contributed by atoms with E-state index in [9.17, 15) is 9.59 Å². The molecule has 130 valence electrons. The largest absolute Gasteiger partial charge is 0.459 e. The Bertz CT molecular complexity index is 821. The second-order valence-electron chi connectivity index (χ2n) is 5.51. The van der Waals surface area contributed by atoms with Crippen LogP contribution in [0, 0.1) is 6.92 Å². The molecule has 0 saturated heterocycles. The van der Waals surface area contributed by atoms with Crippen LogP contribution in [-0.2, 0) is 16.1 Å². The van der Waals surface area contributed by atoms with E-state index in [-0.39, 0.29) is 25.9 Å². The molecule has 7 heteroatoms. The van der Waals surface area contributed by atoms with Gasteiger partial charge in [0, 0.05) is 15.6 Å². The molecule has 0 spiro atoms. The van der Waals surface area contributed by atoms with Crippen LogP contribution in [0.4, 0.5) is 0 Å². The van der Waals surface area contributed by atoms with Crippen molar-refractivity contribution in [3.8, 4) is 11.5 Å². The van der Waals surface area contributed by atoms with Gasteiger partial charge in [-0.05, 0) is 31.2 Å². The van der Waals surface area contributed by atoms with Crippen molar-refractivity contribution >= 4 is 27.8 Å². The number of amides is 1. The minimum atomic E-state index is -0.523. The Morgan fingerprint density at radius 2 is 1.96 bits per heavy atom. The zero-order valence-electron chi connectivity index (χ0n) is 13.5. The van der Waals surface area contributed by atoms with E-state index in [1.165, 1.54) is 0 Å². The molecule has 0 radical (unpaired) electrons. The maximum atomic E-state index is 12.0. The summed E-state index contributed by atoms with van der Waals surface area (Å²) >= 11 is 3.40. The highest BCUT2D eigenvalue weighted by Crippen LogP contribution is 2.37. The van der Waals surface area contributed by atoms with Crippen LogP contribution >= 0.6 is 15.9 Å². The summed E-state index contributed by atoms with van der Waals surface area (Å²) in [7, 11) is 0. The molecule has 2 aromatic rings. The lowest BCUT2D eigenvalue weighted by atomic mass is 10.1. The molecule has 0 aromatic heterocycles. The predicted molar refractivity (Wildman–Crippen MR) is 93.6 cm³/mol. The van der Waals surface area contributed by atoms with Crippen molar-refractivity contribution in [2.45, 2.75) is 13.5 Å². The Morgan fingerprint density at radius 1 is 1.20 bits per heavy atom. The minimum absolute atomic E-state index is 0.0658. The van der Waals surface area contributed by atoms with Gasteiger partial charge in [0.1, 0.15) is 13.2 Å². The van der Waals surface area contributed by atoms with Crippen LogP contribution in [-0.4, -0.2) is 25.2 Å². The van der Waals surface area contributed by atoms with E-state index in [2.05, 4.69) is 21.2 Å². The third-order valence-electron chi connectivity index (χ3n) is 3.60. The number of rotatable bonds is 5. The molecule has 1 aliphatic rings. The van der Waals surface area contributed by atoms with Crippen LogP contribution in [0.1, 0.15) is 21.5 Å². The first-order valence-electron chi connectivity index (χ1n) is 7.61. The first-order chi connectivity index (χ1) is 12.0.